The van der Waals surface area contributed by atoms with Crippen molar-refractivity contribution >= 4 is 23.4 Å². The largest absolute Gasteiger partial charge is 0.481 e. The van der Waals surface area contributed by atoms with Crippen molar-refractivity contribution in [3.05, 3.63) is 34.4 Å². The Bertz CT molecular complexity index is 1670. The number of rotatable bonds is 13. The van der Waals surface area contributed by atoms with Crippen molar-refractivity contribution in [2.45, 2.75) is 172 Å². The first-order valence-electron chi connectivity index (χ1n) is 21.4. The highest BCUT2D eigenvalue weighted by molar-refractivity contribution is 5.84. The standard InChI is InChI=1S/C43H66N2O14/c1-10-41(16-15-33(56-41)40(8)17-18-42(59-40)21-31(46)26(5)36(57-42)27(6)35(53-9)28(7)38(47)48)37-24(3)20-32(55-37)34-23(2)19-25(4)43(50,58-34)22-54-39(49)44-29-11-13-30(14-12-29)45(51)52/h11-14,23-28,31-37,46,50H,10,15-22H2,1-9H3,(H,44,49)(H,47,48)/t23-,24-,25+,26+,27-,28+,31-,32+,33+,34-,35+,36-,37+,40-,41-,42+,43-/m0/s1. The third-order valence-electron chi connectivity index (χ3n) is 14.6. The number of aliphatic hydroxyl groups excluding tert-OH is 1. The summed E-state index contributed by atoms with van der Waals surface area (Å²) in [5, 5.41) is 46.4. The van der Waals surface area contributed by atoms with Gasteiger partial charge in [0, 0.05) is 55.5 Å². The summed E-state index contributed by atoms with van der Waals surface area (Å²) in [6, 6.07) is 5.35. The molecule has 17 atom stereocenters. The lowest BCUT2D eigenvalue weighted by molar-refractivity contribution is -0.384. The molecule has 59 heavy (non-hydrogen) atoms. The van der Waals surface area contributed by atoms with Crippen molar-refractivity contribution in [3.63, 3.8) is 0 Å². The molecule has 0 aliphatic carbocycles. The Morgan fingerprint density at radius 1 is 1.03 bits per heavy atom. The van der Waals surface area contributed by atoms with Crippen LogP contribution in [-0.4, -0.2) is 112 Å². The quantitative estimate of drug-likeness (QED) is 0.124. The number of hydrogen-bond acceptors (Lipinski definition) is 13. The summed E-state index contributed by atoms with van der Waals surface area (Å²) >= 11 is 0. The number of methoxy groups -OCH3 is 1. The Hall–Kier alpha value is -2.96. The molecule has 0 saturated carbocycles. The van der Waals surface area contributed by atoms with Crippen LogP contribution in [0.4, 0.5) is 16.2 Å². The van der Waals surface area contributed by atoms with E-state index in [0.29, 0.717) is 44.2 Å². The number of non-ortho nitro benzene ring substituents is 1. The zero-order chi connectivity index (χ0) is 43.2. The van der Waals surface area contributed by atoms with E-state index in [1.807, 2.05) is 20.8 Å². The number of nitro benzene ring substituents is 1. The minimum absolute atomic E-state index is 0.0404. The monoisotopic (exact) mass is 834 g/mol. The fraction of sp³-hybridized carbons (Fsp3) is 0.814. The Kier molecular flexibility index (Phi) is 13.5. The smallest absolute Gasteiger partial charge is 0.411 e. The first kappa shape index (κ1) is 45.6. The number of hydrogen-bond donors (Lipinski definition) is 4. The van der Waals surface area contributed by atoms with Crippen molar-refractivity contribution in [2.75, 3.05) is 19.0 Å². The van der Waals surface area contributed by atoms with Gasteiger partial charge in [0.05, 0.1) is 64.8 Å². The Morgan fingerprint density at radius 3 is 2.36 bits per heavy atom. The van der Waals surface area contributed by atoms with Crippen LogP contribution in [-0.2, 0) is 38.0 Å². The van der Waals surface area contributed by atoms with Crippen molar-refractivity contribution in [1.82, 2.24) is 0 Å². The van der Waals surface area contributed by atoms with Crippen LogP contribution >= 0.6 is 0 Å². The Labute approximate surface area is 347 Å². The van der Waals surface area contributed by atoms with Crippen LogP contribution in [0.25, 0.3) is 0 Å². The van der Waals surface area contributed by atoms with Gasteiger partial charge < -0.3 is 48.5 Å². The molecule has 332 valence electrons. The van der Waals surface area contributed by atoms with Crippen molar-refractivity contribution in [1.29, 1.82) is 0 Å². The fourth-order valence-corrected chi connectivity index (χ4v) is 10.9. The summed E-state index contributed by atoms with van der Waals surface area (Å²) < 4.78 is 45.3. The van der Waals surface area contributed by atoms with Crippen LogP contribution in [0.15, 0.2) is 24.3 Å². The van der Waals surface area contributed by atoms with Gasteiger partial charge in [0.25, 0.3) is 5.69 Å². The summed E-state index contributed by atoms with van der Waals surface area (Å²) in [6.45, 7) is 15.3. The maximum atomic E-state index is 12.7. The lowest BCUT2D eigenvalue weighted by Crippen LogP contribution is -2.57. The average molecular weight is 835 g/mol. The first-order chi connectivity index (χ1) is 27.7. The second kappa shape index (κ2) is 17.4. The molecule has 5 aliphatic heterocycles. The van der Waals surface area contributed by atoms with Crippen LogP contribution in [0, 0.1) is 45.6 Å². The van der Waals surface area contributed by atoms with Gasteiger partial charge in [-0.15, -0.1) is 0 Å². The summed E-state index contributed by atoms with van der Waals surface area (Å²) in [5.74, 6) is -5.33. The molecule has 1 spiro atoms. The number of carbonyl (C=O) groups is 2. The van der Waals surface area contributed by atoms with Crippen LogP contribution < -0.4 is 5.32 Å². The normalized spacial score (nSPS) is 42.6. The van der Waals surface area contributed by atoms with Gasteiger partial charge >= 0.3 is 12.1 Å². The Balaban J connectivity index is 1.09. The van der Waals surface area contributed by atoms with Gasteiger partial charge in [-0.2, -0.15) is 0 Å². The summed E-state index contributed by atoms with van der Waals surface area (Å²) in [4.78, 5) is 35.0. The SMILES string of the molecule is CC[C@@]1([C@@H]2O[C@@H]([C@H]3O[C@@](O)(COC(=O)Nc4ccc([N+](=O)[O-])cc4)[C@H](C)C[C@@H]3C)C[C@@H]2C)CC[C@H]([C@]2(C)CC[C@]3(C[C@H](O)[C@@H](C)[C@@H]([C@@H](C)[C@@H](OC)[C@@H](C)C(=O)O)O3)O2)O1. The number of anilines is 1. The predicted molar refractivity (Wildman–Crippen MR) is 213 cm³/mol. The second-order valence-corrected chi connectivity index (χ2v) is 18.6. The molecule has 5 saturated heterocycles. The highest BCUT2D eigenvalue weighted by Gasteiger charge is 2.62. The molecule has 16 heteroatoms. The highest BCUT2D eigenvalue weighted by Crippen LogP contribution is 2.55. The van der Waals surface area contributed by atoms with Gasteiger partial charge in [0.1, 0.15) is 6.61 Å². The molecule has 5 fully saturated rings. The number of benzene rings is 1. The molecule has 16 nitrogen and oxygen atoms in total. The number of carbonyl (C=O) groups excluding carboxylic acids is 1. The molecular formula is C43H66N2O14. The maximum absolute atomic E-state index is 12.7. The van der Waals surface area contributed by atoms with E-state index in [4.69, 9.17) is 33.2 Å². The molecule has 4 N–H and O–H groups in total. The maximum Gasteiger partial charge on any atom is 0.411 e. The lowest BCUT2D eigenvalue weighted by Gasteiger charge is -2.49. The number of carboxylic acid groups (broad SMARTS) is 1. The molecular weight excluding hydrogens is 768 g/mol. The highest BCUT2D eigenvalue weighted by atomic mass is 16.7. The van der Waals surface area contributed by atoms with E-state index in [-0.39, 0.29) is 53.6 Å². The van der Waals surface area contributed by atoms with E-state index in [2.05, 4.69) is 33.0 Å². The summed E-state index contributed by atoms with van der Waals surface area (Å²) in [5.41, 5.74) is -1.11. The molecule has 0 unspecified atom stereocenters. The van der Waals surface area contributed by atoms with Crippen molar-refractivity contribution in [2.24, 2.45) is 35.5 Å². The second-order valence-electron chi connectivity index (χ2n) is 18.6. The van der Waals surface area contributed by atoms with Crippen LogP contribution in [0.2, 0.25) is 0 Å². The van der Waals surface area contributed by atoms with Crippen LogP contribution in [0.3, 0.4) is 0 Å². The molecule has 0 bridgehead atoms. The number of ether oxygens (including phenoxy) is 7. The number of nitrogens with zero attached hydrogens (tertiary/aromatic N) is 1. The lowest BCUT2D eigenvalue weighted by atomic mass is 9.78. The molecule has 5 aliphatic rings. The van der Waals surface area contributed by atoms with Gasteiger partial charge in [0.2, 0.25) is 5.79 Å². The van der Waals surface area contributed by atoms with E-state index in [1.165, 1.54) is 31.4 Å². The molecule has 1 amide bonds. The van der Waals surface area contributed by atoms with Gasteiger partial charge in [0.15, 0.2) is 5.79 Å². The average Bonchev–Trinajstić information content (AvgIpc) is 3.90. The number of nitro groups is 1. The number of nitrogens with one attached hydrogen (secondary N) is 1. The molecule has 1 aromatic carbocycles. The number of aliphatic carboxylic acids is 1. The summed E-state index contributed by atoms with van der Waals surface area (Å²) in [7, 11) is 1.51. The fourth-order valence-electron chi connectivity index (χ4n) is 10.9. The predicted octanol–water partition coefficient (Wildman–Crippen LogP) is 6.44. The van der Waals surface area contributed by atoms with E-state index in [1.54, 1.807) is 6.92 Å². The molecule has 6 rings (SSSR count). The van der Waals surface area contributed by atoms with E-state index >= 15 is 0 Å². The molecule has 1 aromatic rings. The van der Waals surface area contributed by atoms with Crippen molar-refractivity contribution in [3.8, 4) is 0 Å². The van der Waals surface area contributed by atoms with Crippen LogP contribution in [0.5, 0.6) is 0 Å². The number of amides is 1. The molecule has 0 radical (unpaired) electrons. The minimum Gasteiger partial charge on any atom is -0.481 e. The van der Waals surface area contributed by atoms with Gasteiger partial charge in [-0.25, -0.2) is 4.79 Å². The zero-order valence-electron chi connectivity index (χ0n) is 36.0. The van der Waals surface area contributed by atoms with E-state index in [0.717, 1.165) is 12.8 Å². The third kappa shape index (κ3) is 9.02. The van der Waals surface area contributed by atoms with Crippen LogP contribution in [0.1, 0.15) is 107 Å². The number of aliphatic hydroxyl groups is 2. The zero-order valence-corrected chi connectivity index (χ0v) is 36.0. The minimum atomic E-state index is -1.77. The van der Waals surface area contributed by atoms with E-state index in [9.17, 15) is 35.0 Å². The topological polar surface area (TPSA) is 215 Å². The molecule has 5 heterocycles. The van der Waals surface area contributed by atoms with Gasteiger partial charge in [-0.05, 0) is 76.3 Å². The Morgan fingerprint density at radius 2 is 1.73 bits per heavy atom. The molecule has 0 aromatic heterocycles. The summed E-state index contributed by atoms with van der Waals surface area (Å²) in [6.07, 6.45) is 1.02. The first-order valence-corrected chi connectivity index (χ1v) is 21.4. The third-order valence-corrected chi connectivity index (χ3v) is 14.6. The van der Waals surface area contributed by atoms with Gasteiger partial charge in [-0.3, -0.25) is 20.2 Å². The van der Waals surface area contributed by atoms with Crippen molar-refractivity contribution < 1.29 is 63.0 Å². The number of carboxylic acids is 1. The van der Waals surface area contributed by atoms with E-state index < -0.39 is 76.7 Å². The van der Waals surface area contributed by atoms with Gasteiger partial charge in [-0.1, -0.05) is 41.5 Å².